The van der Waals surface area contributed by atoms with Crippen molar-refractivity contribution >= 4 is 21.2 Å². The van der Waals surface area contributed by atoms with Gasteiger partial charge >= 0.3 is 0 Å². The maximum Gasteiger partial charge on any atom is 0.0749 e. The van der Waals surface area contributed by atoms with Crippen LogP contribution < -0.4 is 0 Å². The van der Waals surface area contributed by atoms with Crippen molar-refractivity contribution in [3.63, 3.8) is 0 Å². The van der Waals surface area contributed by atoms with Crippen molar-refractivity contribution in [2.75, 3.05) is 0 Å². The molecule has 0 aliphatic carbocycles. The first-order valence-corrected chi connectivity index (χ1v) is 6.16. The van der Waals surface area contributed by atoms with Gasteiger partial charge in [-0.15, -0.1) is 0 Å². The van der Waals surface area contributed by atoms with Gasteiger partial charge in [0.1, 0.15) is 0 Å². The van der Waals surface area contributed by atoms with E-state index in [0.29, 0.717) is 22.0 Å². The molecule has 0 radical (unpaired) electrons. The molecule has 0 aliphatic rings. The Bertz CT molecular complexity index is 151. The minimum atomic E-state index is 0. The van der Waals surface area contributed by atoms with Gasteiger partial charge in [-0.25, -0.2) is 0 Å². The van der Waals surface area contributed by atoms with Gasteiger partial charge in [-0.2, -0.15) is 11.8 Å². The van der Waals surface area contributed by atoms with Crippen molar-refractivity contribution in [1.82, 2.24) is 0 Å². The Kier molecular flexibility index (Phi) is 17.3. The quantitative estimate of drug-likeness (QED) is 0.732. The second kappa shape index (κ2) is 11.1. The summed E-state index contributed by atoms with van der Waals surface area (Å²) in [7, 11) is 2.39. The summed E-state index contributed by atoms with van der Waals surface area (Å²) >= 11 is 1.98. The van der Waals surface area contributed by atoms with Crippen LogP contribution in [0.1, 0.15) is 41.5 Å². The molecule has 0 aromatic rings. The standard InChI is InChI=1S/C10H23OPS.2Ar/c1-7(2)9(11-12)8(3)13-10(4,5)6;;/h7-9H,12H2,1-6H3;;/t8-,9+;;/m0../s1. The van der Waals surface area contributed by atoms with Gasteiger partial charge in [0.05, 0.1) is 6.10 Å². The molecule has 0 saturated heterocycles. The molecule has 0 heterocycles. The monoisotopic (exact) mass is 302 g/mol. The van der Waals surface area contributed by atoms with Crippen LogP contribution in [-0.4, -0.2) is 16.1 Å². The van der Waals surface area contributed by atoms with E-state index in [0.717, 1.165) is 0 Å². The predicted molar refractivity (Wildman–Crippen MR) is 66.2 cm³/mol. The van der Waals surface area contributed by atoms with Crippen LogP contribution in [0.15, 0.2) is 0 Å². The fourth-order valence-corrected chi connectivity index (χ4v) is 3.73. The van der Waals surface area contributed by atoms with Crippen LogP contribution in [0.2, 0.25) is 0 Å². The van der Waals surface area contributed by atoms with Crippen molar-refractivity contribution < 1.29 is 80.0 Å². The van der Waals surface area contributed by atoms with E-state index in [1.54, 1.807) is 0 Å². The van der Waals surface area contributed by atoms with E-state index in [2.05, 4.69) is 51.0 Å². The number of rotatable bonds is 4. The third kappa shape index (κ3) is 12.1. The van der Waals surface area contributed by atoms with Crippen LogP contribution in [0.3, 0.4) is 0 Å². The average molecular weight is 302 g/mol. The Morgan fingerprint density at radius 2 is 1.47 bits per heavy atom. The third-order valence-corrected chi connectivity index (χ3v) is 3.48. The molecule has 96 valence electrons. The van der Waals surface area contributed by atoms with Gasteiger partial charge in [-0.1, -0.05) is 41.5 Å². The first kappa shape index (κ1) is 23.4. The summed E-state index contributed by atoms with van der Waals surface area (Å²) in [5.41, 5.74) is 0. The Morgan fingerprint density at radius 3 is 1.67 bits per heavy atom. The van der Waals surface area contributed by atoms with Gasteiger partial charge in [-0.05, 0) is 5.92 Å². The van der Waals surface area contributed by atoms with Crippen LogP contribution in [0.5, 0.6) is 0 Å². The minimum absolute atomic E-state index is 0. The van der Waals surface area contributed by atoms with E-state index in [-0.39, 0.29) is 75.5 Å². The zero-order valence-electron chi connectivity index (χ0n) is 10.3. The molecule has 0 amide bonds. The van der Waals surface area contributed by atoms with Gasteiger partial charge in [0.2, 0.25) is 0 Å². The largest absolute Gasteiger partial charge is 0.361 e. The Balaban J connectivity index is -0.000000720. The molecule has 0 fully saturated rings. The number of hydrogen-bond donors (Lipinski definition) is 0. The molecule has 1 unspecified atom stereocenters. The summed E-state index contributed by atoms with van der Waals surface area (Å²) < 4.78 is 5.73. The first-order chi connectivity index (χ1) is 5.78. The Labute approximate surface area is 162 Å². The van der Waals surface area contributed by atoms with Gasteiger partial charge < -0.3 is 4.52 Å². The smallest absolute Gasteiger partial charge is 0.0749 e. The van der Waals surface area contributed by atoms with E-state index >= 15 is 0 Å². The molecular weight excluding hydrogens is 279 g/mol. The van der Waals surface area contributed by atoms with Crippen molar-refractivity contribution in [1.29, 1.82) is 0 Å². The van der Waals surface area contributed by atoms with Crippen molar-refractivity contribution in [2.45, 2.75) is 57.6 Å². The maximum absolute atomic E-state index is 5.42. The summed E-state index contributed by atoms with van der Waals surface area (Å²) in [4.78, 5) is 0. The molecule has 0 N–H and O–H groups in total. The summed E-state index contributed by atoms with van der Waals surface area (Å²) in [6.07, 6.45) is 0.328. The van der Waals surface area contributed by atoms with E-state index in [1.807, 2.05) is 11.8 Å². The van der Waals surface area contributed by atoms with Crippen LogP contribution in [0.25, 0.3) is 0 Å². The average Bonchev–Trinajstić information content (AvgIpc) is 1.82. The van der Waals surface area contributed by atoms with Crippen LogP contribution in [0.4, 0.5) is 0 Å². The fourth-order valence-electron chi connectivity index (χ4n) is 1.43. The van der Waals surface area contributed by atoms with Gasteiger partial charge in [0.15, 0.2) is 0 Å². The summed E-state index contributed by atoms with van der Waals surface area (Å²) in [6.45, 7) is 13.4. The second-order valence-corrected chi connectivity index (χ2v) is 7.26. The van der Waals surface area contributed by atoms with Crippen LogP contribution >= 0.6 is 21.2 Å². The van der Waals surface area contributed by atoms with E-state index in [4.69, 9.17) is 4.52 Å². The molecule has 0 aromatic heterocycles. The first-order valence-electron chi connectivity index (χ1n) is 4.81. The number of thioether (sulfide) groups is 1. The molecule has 5 heteroatoms. The second-order valence-electron chi connectivity index (χ2n) is 4.78. The van der Waals surface area contributed by atoms with Gasteiger partial charge in [0.25, 0.3) is 0 Å². The molecular formula is C10H23Ar2OPS. The summed E-state index contributed by atoms with van der Waals surface area (Å²) in [5.74, 6) is 0.572. The minimum Gasteiger partial charge on any atom is -0.361 e. The van der Waals surface area contributed by atoms with Crippen molar-refractivity contribution in [3.05, 3.63) is 0 Å². The van der Waals surface area contributed by atoms with E-state index < -0.39 is 0 Å². The van der Waals surface area contributed by atoms with E-state index in [1.165, 1.54) is 0 Å². The Morgan fingerprint density at radius 1 is 1.07 bits per heavy atom. The van der Waals surface area contributed by atoms with Crippen molar-refractivity contribution in [2.24, 2.45) is 5.92 Å². The van der Waals surface area contributed by atoms with Gasteiger partial charge in [0, 0.05) is 94.9 Å². The molecule has 3 atom stereocenters. The zero-order chi connectivity index (χ0) is 10.6. The van der Waals surface area contributed by atoms with Gasteiger partial charge in [-0.3, -0.25) is 0 Å². The Hall–Kier alpha value is 3.26. The topological polar surface area (TPSA) is 9.23 Å². The molecule has 0 aliphatic heterocycles. The van der Waals surface area contributed by atoms with E-state index in [9.17, 15) is 0 Å². The van der Waals surface area contributed by atoms with Crippen molar-refractivity contribution in [3.8, 4) is 0 Å². The molecule has 0 rings (SSSR count). The fraction of sp³-hybridized carbons (Fsp3) is 1.00. The van der Waals surface area contributed by atoms with Crippen LogP contribution in [-0.2, 0) is 4.52 Å². The summed E-state index contributed by atoms with van der Waals surface area (Å²) in [5, 5.41) is 0.539. The molecule has 1 nitrogen and oxygen atoms in total. The maximum atomic E-state index is 5.42. The van der Waals surface area contributed by atoms with Crippen LogP contribution in [0, 0.1) is 81.4 Å². The normalized spacial score (nSPS) is 15.2. The third-order valence-electron chi connectivity index (χ3n) is 1.82. The SMILES string of the molecule is CC(C)[C@@H](OP)[C@H](C)SC(C)(C)C.[Ar].[Ar]. The zero-order valence-corrected chi connectivity index (χ0v) is 13.7. The molecule has 0 aromatic carbocycles. The molecule has 0 spiro atoms. The summed E-state index contributed by atoms with van der Waals surface area (Å²) in [6, 6.07) is 0. The molecule has 15 heavy (non-hydrogen) atoms. The predicted octanol–water partition coefficient (Wildman–Crippen LogP) is 3.74. The number of hydrogen-bond acceptors (Lipinski definition) is 2. The molecule has 0 bridgehead atoms. The molecule has 0 saturated carbocycles.